The van der Waals surface area contributed by atoms with Crippen LogP contribution in [0.2, 0.25) is 0 Å². The van der Waals surface area contributed by atoms with Crippen LogP contribution in [-0.2, 0) is 22.6 Å². The molecule has 0 saturated carbocycles. The zero-order valence-corrected chi connectivity index (χ0v) is 12.5. The molecule has 1 N–H and O–H groups in total. The lowest BCUT2D eigenvalue weighted by atomic mass is 9.78. The first-order valence-electron chi connectivity index (χ1n) is 7.55. The van der Waals surface area contributed by atoms with E-state index >= 15 is 0 Å². The second-order valence-electron chi connectivity index (χ2n) is 5.77. The Kier molecular flexibility index (Phi) is 4.22. The van der Waals surface area contributed by atoms with E-state index in [-0.39, 0.29) is 32.6 Å². The molecule has 0 spiro atoms. The van der Waals surface area contributed by atoms with Gasteiger partial charge in [0.25, 0.3) is 0 Å². The van der Waals surface area contributed by atoms with E-state index < -0.39 is 17.5 Å². The second-order valence-corrected chi connectivity index (χ2v) is 5.77. The van der Waals surface area contributed by atoms with Gasteiger partial charge in [0.1, 0.15) is 5.41 Å². The Hall–Kier alpha value is -1.77. The SMILES string of the molecule is O=C(NCc1cc2n(n1)CCCO2)C1(C(F)(F)F)CCOCC1. The van der Waals surface area contributed by atoms with Crippen LogP contribution in [0, 0.1) is 5.41 Å². The number of nitrogens with one attached hydrogen (secondary N) is 1. The number of halogens is 3. The fraction of sp³-hybridized carbons (Fsp3) is 0.714. The fourth-order valence-electron chi connectivity index (χ4n) is 2.90. The van der Waals surface area contributed by atoms with Gasteiger partial charge in [-0.2, -0.15) is 18.3 Å². The largest absolute Gasteiger partial charge is 0.478 e. The van der Waals surface area contributed by atoms with Crippen LogP contribution in [0.4, 0.5) is 13.2 Å². The minimum atomic E-state index is -4.60. The Morgan fingerprint density at radius 1 is 1.35 bits per heavy atom. The number of carbonyl (C=O) groups is 1. The van der Waals surface area contributed by atoms with E-state index in [9.17, 15) is 18.0 Å². The van der Waals surface area contributed by atoms with Gasteiger partial charge in [-0.1, -0.05) is 0 Å². The highest BCUT2D eigenvalue weighted by Gasteiger charge is 2.60. The van der Waals surface area contributed by atoms with Gasteiger partial charge < -0.3 is 14.8 Å². The van der Waals surface area contributed by atoms with Crippen LogP contribution < -0.4 is 10.1 Å². The minimum Gasteiger partial charge on any atom is -0.478 e. The molecule has 0 radical (unpaired) electrons. The molecule has 23 heavy (non-hydrogen) atoms. The van der Waals surface area contributed by atoms with Gasteiger partial charge in [-0.05, 0) is 12.8 Å². The highest BCUT2D eigenvalue weighted by Crippen LogP contribution is 2.46. The third kappa shape index (κ3) is 3.01. The van der Waals surface area contributed by atoms with Crippen LogP contribution in [0.5, 0.6) is 5.88 Å². The number of amides is 1. The van der Waals surface area contributed by atoms with Gasteiger partial charge >= 0.3 is 6.18 Å². The first-order valence-corrected chi connectivity index (χ1v) is 7.55. The molecule has 0 aliphatic carbocycles. The molecule has 2 aliphatic rings. The van der Waals surface area contributed by atoms with Crippen molar-refractivity contribution in [3.63, 3.8) is 0 Å². The van der Waals surface area contributed by atoms with Crippen molar-refractivity contribution >= 4 is 5.91 Å². The van der Waals surface area contributed by atoms with Crippen molar-refractivity contribution in [3.05, 3.63) is 11.8 Å². The summed E-state index contributed by atoms with van der Waals surface area (Å²) >= 11 is 0. The maximum atomic E-state index is 13.4. The molecule has 0 unspecified atom stereocenters. The molecule has 0 bridgehead atoms. The molecule has 1 aromatic heterocycles. The monoisotopic (exact) mass is 333 g/mol. The number of rotatable bonds is 3. The molecule has 128 valence electrons. The lowest BCUT2D eigenvalue weighted by Crippen LogP contribution is -2.53. The van der Waals surface area contributed by atoms with Gasteiger partial charge in [0.2, 0.25) is 11.8 Å². The van der Waals surface area contributed by atoms with E-state index in [2.05, 4.69) is 10.4 Å². The number of fused-ring (bicyclic) bond motifs is 1. The van der Waals surface area contributed by atoms with Crippen molar-refractivity contribution in [2.45, 2.75) is 38.5 Å². The molecule has 1 saturated heterocycles. The Bertz CT molecular complexity index is 556. The number of ether oxygens (including phenoxy) is 2. The molecular weight excluding hydrogens is 315 g/mol. The summed E-state index contributed by atoms with van der Waals surface area (Å²) in [7, 11) is 0. The Morgan fingerprint density at radius 3 is 2.74 bits per heavy atom. The summed E-state index contributed by atoms with van der Waals surface area (Å²) in [6, 6.07) is 1.64. The van der Waals surface area contributed by atoms with Crippen LogP contribution in [-0.4, -0.2) is 41.7 Å². The third-order valence-corrected chi connectivity index (χ3v) is 4.31. The van der Waals surface area contributed by atoms with E-state index in [1.165, 1.54) is 0 Å². The molecule has 9 heteroatoms. The molecular formula is C14H18F3N3O3. The number of carbonyl (C=O) groups excluding carboxylic acids is 1. The summed E-state index contributed by atoms with van der Waals surface area (Å²) < 4.78 is 52.2. The van der Waals surface area contributed by atoms with Crippen molar-refractivity contribution in [2.75, 3.05) is 19.8 Å². The molecule has 0 aromatic carbocycles. The van der Waals surface area contributed by atoms with Crippen LogP contribution in [0.25, 0.3) is 0 Å². The maximum absolute atomic E-state index is 13.4. The molecule has 3 rings (SSSR count). The van der Waals surface area contributed by atoms with Crippen molar-refractivity contribution in [3.8, 4) is 5.88 Å². The molecule has 0 atom stereocenters. The predicted molar refractivity (Wildman–Crippen MR) is 72.7 cm³/mol. The highest BCUT2D eigenvalue weighted by molar-refractivity contribution is 5.83. The van der Waals surface area contributed by atoms with Crippen molar-refractivity contribution in [2.24, 2.45) is 5.41 Å². The number of alkyl halides is 3. The molecule has 1 fully saturated rings. The van der Waals surface area contributed by atoms with Crippen LogP contribution >= 0.6 is 0 Å². The van der Waals surface area contributed by atoms with Gasteiger partial charge in [0, 0.05) is 32.2 Å². The smallest absolute Gasteiger partial charge is 0.403 e. The summed E-state index contributed by atoms with van der Waals surface area (Å²) in [5, 5.41) is 6.60. The fourth-order valence-corrected chi connectivity index (χ4v) is 2.90. The van der Waals surface area contributed by atoms with Crippen LogP contribution in [0.3, 0.4) is 0 Å². The van der Waals surface area contributed by atoms with Gasteiger partial charge in [0.05, 0.1) is 18.8 Å². The number of aromatic nitrogens is 2. The Balaban J connectivity index is 1.68. The van der Waals surface area contributed by atoms with Gasteiger partial charge in [-0.15, -0.1) is 0 Å². The summed E-state index contributed by atoms with van der Waals surface area (Å²) in [6.07, 6.45) is -4.48. The van der Waals surface area contributed by atoms with E-state index in [0.717, 1.165) is 6.42 Å². The predicted octanol–water partition coefficient (Wildman–Crippen LogP) is 1.64. The summed E-state index contributed by atoms with van der Waals surface area (Å²) in [4.78, 5) is 12.2. The summed E-state index contributed by atoms with van der Waals surface area (Å²) in [5.74, 6) is -0.433. The zero-order valence-electron chi connectivity index (χ0n) is 12.5. The van der Waals surface area contributed by atoms with Gasteiger partial charge in [-0.3, -0.25) is 4.79 Å². The van der Waals surface area contributed by atoms with Crippen LogP contribution in [0.15, 0.2) is 6.07 Å². The van der Waals surface area contributed by atoms with Crippen molar-refractivity contribution in [1.29, 1.82) is 0 Å². The minimum absolute atomic E-state index is 0.0547. The third-order valence-electron chi connectivity index (χ3n) is 4.31. The standard InChI is InChI=1S/C14H18F3N3O3/c15-14(16,17)13(2-6-22-7-3-13)12(21)18-9-10-8-11-20(19-10)4-1-5-23-11/h8H,1-7,9H2,(H,18,21). The lowest BCUT2D eigenvalue weighted by molar-refractivity contribution is -0.239. The average Bonchev–Trinajstić information content (AvgIpc) is 2.95. The maximum Gasteiger partial charge on any atom is 0.403 e. The second kappa shape index (κ2) is 6.03. The van der Waals surface area contributed by atoms with Crippen molar-refractivity contribution < 1.29 is 27.4 Å². The number of aryl methyl sites for hydroxylation is 1. The number of nitrogens with zero attached hydrogens (tertiary/aromatic N) is 2. The van der Waals surface area contributed by atoms with Gasteiger partial charge in [0.15, 0.2) is 0 Å². The normalized spacial score (nSPS) is 20.5. The van der Waals surface area contributed by atoms with Crippen molar-refractivity contribution in [1.82, 2.24) is 15.1 Å². The van der Waals surface area contributed by atoms with Crippen LogP contribution in [0.1, 0.15) is 25.0 Å². The number of hydrogen-bond acceptors (Lipinski definition) is 4. The van der Waals surface area contributed by atoms with E-state index in [0.29, 0.717) is 24.7 Å². The molecule has 3 heterocycles. The number of hydrogen-bond donors (Lipinski definition) is 1. The van der Waals surface area contributed by atoms with E-state index in [1.807, 2.05) is 0 Å². The summed E-state index contributed by atoms with van der Waals surface area (Å²) in [6.45, 7) is 1.10. The van der Waals surface area contributed by atoms with E-state index in [4.69, 9.17) is 9.47 Å². The molecule has 6 nitrogen and oxygen atoms in total. The summed E-state index contributed by atoms with van der Waals surface area (Å²) in [5.41, 5.74) is -1.89. The Morgan fingerprint density at radius 2 is 2.09 bits per heavy atom. The average molecular weight is 333 g/mol. The molecule has 1 aromatic rings. The molecule has 1 amide bonds. The highest BCUT2D eigenvalue weighted by atomic mass is 19.4. The zero-order chi connectivity index (χ0) is 16.5. The lowest BCUT2D eigenvalue weighted by Gasteiger charge is -2.37. The Labute approximate surface area is 130 Å². The topological polar surface area (TPSA) is 65.4 Å². The first-order chi connectivity index (χ1) is 10.9. The first kappa shape index (κ1) is 16.1. The molecule has 2 aliphatic heterocycles. The van der Waals surface area contributed by atoms with Gasteiger partial charge in [-0.25, -0.2) is 4.68 Å². The quantitative estimate of drug-likeness (QED) is 0.913. The van der Waals surface area contributed by atoms with E-state index in [1.54, 1.807) is 10.7 Å².